The summed E-state index contributed by atoms with van der Waals surface area (Å²) in [6.45, 7) is 2.90. The second kappa shape index (κ2) is 9.23. The highest BCUT2D eigenvalue weighted by Gasteiger charge is 2.15. The summed E-state index contributed by atoms with van der Waals surface area (Å²) in [5.74, 6) is 1.40. The third-order valence-corrected chi connectivity index (χ3v) is 4.91. The molecular formula is C20H21N3O3S. The Labute approximate surface area is 162 Å². The lowest BCUT2D eigenvalue weighted by atomic mass is 10.2. The maximum atomic E-state index is 11.5. The molecule has 0 amide bonds. The number of carbonyl (C=O) groups excluding carboxylic acids is 1. The van der Waals surface area contributed by atoms with Gasteiger partial charge >= 0.3 is 5.97 Å². The van der Waals surface area contributed by atoms with E-state index in [1.807, 2.05) is 66.1 Å². The summed E-state index contributed by atoms with van der Waals surface area (Å²) in [4.78, 5) is 11.5. The molecule has 0 aliphatic heterocycles. The molecule has 0 saturated carbocycles. The highest BCUT2D eigenvalue weighted by molar-refractivity contribution is 7.99. The summed E-state index contributed by atoms with van der Waals surface area (Å²) >= 11 is 1.30. The molecule has 1 heterocycles. The summed E-state index contributed by atoms with van der Waals surface area (Å²) in [6.07, 6.45) is 0. The van der Waals surface area contributed by atoms with Gasteiger partial charge in [0, 0.05) is 0 Å². The minimum atomic E-state index is -0.299. The van der Waals surface area contributed by atoms with Gasteiger partial charge in [-0.25, -0.2) is 0 Å². The van der Waals surface area contributed by atoms with Crippen LogP contribution in [0.3, 0.4) is 0 Å². The fourth-order valence-electron chi connectivity index (χ4n) is 2.50. The van der Waals surface area contributed by atoms with E-state index in [2.05, 4.69) is 10.2 Å². The smallest absolute Gasteiger partial charge is 0.316 e. The lowest BCUT2D eigenvalue weighted by Crippen LogP contribution is -2.11. The topological polar surface area (TPSA) is 66.2 Å². The van der Waals surface area contributed by atoms with Crippen molar-refractivity contribution in [1.29, 1.82) is 0 Å². The molecule has 0 N–H and O–H groups in total. The molecule has 6 nitrogen and oxygen atoms in total. The van der Waals surface area contributed by atoms with Crippen LogP contribution in [-0.2, 0) is 22.7 Å². The fraction of sp³-hybridized carbons (Fsp3) is 0.250. The van der Waals surface area contributed by atoms with E-state index in [1.54, 1.807) is 0 Å². The Morgan fingerprint density at radius 1 is 1.07 bits per heavy atom. The van der Waals surface area contributed by atoms with Gasteiger partial charge in [0.2, 0.25) is 0 Å². The first-order chi connectivity index (χ1) is 13.2. The van der Waals surface area contributed by atoms with E-state index < -0.39 is 0 Å². The Morgan fingerprint density at radius 2 is 1.81 bits per heavy atom. The molecule has 0 radical (unpaired) electrons. The Kier molecular flexibility index (Phi) is 6.49. The summed E-state index contributed by atoms with van der Waals surface area (Å²) in [5.41, 5.74) is 2.18. The zero-order valence-corrected chi connectivity index (χ0v) is 16.1. The average molecular weight is 383 g/mol. The number of nitrogens with zero attached hydrogens (tertiary/aromatic N) is 3. The van der Waals surface area contributed by atoms with E-state index >= 15 is 0 Å². The van der Waals surface area contributed by atoms with Gasteiger partial charge < -0.3 is 9.47 Å². The van der Waals surface area contributed by atoms with Gasteiger partial charge in [-0.2, -0.15) is 0 Å². The SMILES string of the molecule is COC(=O)CSc1nnc(COc2ccccc2C)n1Cc1ccccc1. The number of para-hydroxylation sites is 1. The number of hydrogen-bond donors (Lipinski definition) is 0. The van der Waals surface area contributed by atoms with Gasteiger partial charge in [-0.05, 0) is 24.1 Å². The van der Waals surface area contributed by atoms with Crippen molar-refractivity contribution >= 4 is 17.7 Å². The van der Waals surface area contributed by atoms with Crippen LogP contribution in [0.25, 0.3) is 0 Å². The Morgan fingerprint density at radius 3 is 2.56 bits per heavy atom. The molecule has 27 heavy (non-hydrogen) atoms. The minimum absolute atomic E-state index is 0.183. The predicted molar refractivity (Wildman–Crippen MR) is 104 cm³/mol. The maximum absolute atomic E-state index is 11.5. The van der Waals surface area contributed by atoms with Crippen molar-refractivity contribution in [3.05, 3.63) is 71.5 Å². The second-order valence-corrected chi connectivity index (χ2v) is 6.83. The molecule has 0 aliphatic carbocycles. The number of aryl methyl sites for hydroxylation is 1. The Hall–Kier alpha value is -2.80. The normalized spacial score (nSPS) is 10.6. The predicted octanol–water partition coefficient (Wildman–Crippen LogP) is 3.48. The van der Waals surface area contributed by atoms with E-state index in [0.717, 1.165) is 16.9 Å². The van der Waals surface area contributed by atoms with Crippen molar-refractivity contribution in [1.82, 2.24) is 14.8 Å². The number of esters is 1. The first-order valence-corrected chi connectivity index (χ1v) is 9.50. The number of ether oxygens (including phenoxy) is 2. The van der Waals surface area contributed by atoms with Gasteiger partial charge in [0.05, 0.1) is 19.4 Å². The van der Waals surface area contributed by atoms with Crippen molar-refractivity contribution in [2.75, 3.05) is 12.9 Å². The monoisotopic (exact) mass is 383 g/mol. The van der Waals surface area contributed by atoms with E-state index in [1.165, 1.54) is 18.9 Å². The number of benzene rings is 2. The zero-order chi connectivity index (χ0) is 19.1. The van der Waals surface area contributed by atoms with E-state index in [9.17, 15) is 4.79 Å². The standard InChI is InChI=1S/C20H21N3O3S/c1-15-8-6-7-11-17(15)26-13-18-21-22-20(27-14-19(24)25-2)23(18)12-16-9-4-3-5-10-16/h3-11H,12-14H2,1-2H3. The van der Waals surface area contributed by atoms with Gasteiger partial charge in [0.1, 0.15) is 12.4 Å². The third-order valence-electron chi connectivity index (χ3n) is 3.97. The van der Waals surface area contributed by atoms with Crippen LogP contribution in [0.4, 0.5) is 0 Å². The molecular weight excluding hydrogens is 362 g/mol. The molecule has 1 aromatic heterocycles. The summed E-state index contributed by atoms with van der Waals surface area (Å²) in [7, 11) is 1.37. The van der Waals surface area contributed by atoms with Gasteiger partial charge in [-0.1, -0.05) is 60.3 Å². The van der Waals surface area contributed by atoms with Crippen molar-refractivity contribution in [3.8, 4) is 5.75 Å². The first kappa shape index (κ1) is 19.0. The highest BCUT2D eigenvalue weighted by atomic mass is 32.2. The zero-order valence-electron chi connectivity index (χ0n) is 15.3. The number of thioether (sulfide) groups is 1. The minimum Gasteiger partial charge on any atom is -0.485 e. The average Bonchev–Trinajstić information content (AvgIpc) is 3.07. The summed E-state index contributed by atoms with van der Waals surface area (Å²) in [6, 6.07) is 17.9. The van der Waals surface area contributed by atoms with E-state index in [-0.39, 0.29) is 11.7 Å². The molecule has 0 spiro atoms. The third kappa shape index (κ3) is 5.10. The van der Waals surface area contributed by atoms with Crippen LogP contribution in [0.2, 0.25) is 0 Å². The number of hydrogen-bond acceptors (Lipinski definition) is 6. The van der Waals surface area contributed by atoms with Gasteiger partial charge in [-0.3, -0.25) is 9.36 Å². The van der Waals surface area contributed by atoms with Crippen molar-refractivity contribution in [2.24, 2.45) is 0 Å². The molecule has 0 unspecified atom stereocenters. The molecule has 0 atom stereocenters. The first-order valence-electron chi connectivity index (χ1n) is 8.51. The number of methoxy groups -OCH3 is 1. The molecule has 3 aromatic rings. The van der Waals surface area contributed by atoms with Crippen LogP contribution in [0.15, 0.2) is 59.8 Å². The van der Waals surface area contributed by atoms with E-state index in [0.29, 0.717) is 24.1 Å². The highest BCUT2D eigenvalue weighted by Crippen LogP contribution is 2.21. The molecule has 7 heteroatoms. The van der Waals surface area contributed by atoms with Gasteiger partial charge in [0.15, 0.2) is 11.0 Å². The van der Waals surface area contributed by atoms with Crippen LogP contribution in [0.5, 0.6) is 5.75 Å². The molecule has 0 fully saturated rings. The molecule has 3 rings (SSSR count). The Bertz CT molecular complexity index is 896. The van der Waals surface area contributed by atoms with Crippen LogP contribution in [-0.4, -0.2) is 33.6 Å². The van der Waals surface area contributed by atoms with Crippen LogP contribution < -0.4 is 4.74 Å². The second-order valence-electron chi connectivity index (χ2n) is 5.89. The maximum Gasteiger partial charge on any atom is 0.316 e. The lowest BCUT2D eigenvalue weighted by Gasteiger charge is -2.12. The fourth-order valence-corrected chi connectivity index (χ4v) is 3.29. The number of aromatic nitrogens is 3. The molecule has 0 saturated heterocycles. The van der Waals surface area contributed by atoms with Crippen LogP contribution >= 0.6 is 11.8 Å². The van der Waals surface area contributed by atoms with Gasteiger partial charge in [0.25, 0.3) is 0 Å². The van der Waals surface area contributed by atoms with Crippen molar-refractivity contribution < 1.29 is 14.3 Å². The molecule has 2 aromatic carbocycles. The Balaban J connectivity index is 1.80. The summed E-state index contributed by atoms with van der Waals surface area (Å²) in [5, 5.41) is 9.18. The molecule has 0 aliphatic rings. The largest absolute Gasteiger partial charge is 0.485 e. The van der Waals surface area contributed by atoms with Crippen molar-refractivity contribution in [3.63, 3.8) is 0 Å². The lowest BCUT2D eigenvalue weighted by molar-refractivity contribution is -0.137. The number of carbonyl (C=O) groups is 1. The van der Waals surface area contributed by atoms with Crippen LogP contribution in [0.1, 0.15) is 17.0 Å². The number of rotatable bonds is 8. The molecule has 140 valence electrons. The van der Waals surface area contributed by atoms with Crippen molar-refractivity contribution in [2.45, 2.75) is 25.2 Å². The van der Waals surface area contributed by atoms with E-state index in [4.69, 9.17) is 9.47 Å². The summed E-state index contributed by atoms with van der Waals surface area (Å²) < 4.78 is 12.6. The quantitative estimate of drug-likeness (QED) is 0.438. The van der Waals surface area contributed by atoms with Gasteiger partial charge in [-0.15, -0.1) is 10.2 Å². The molecule has 0 bridgehead atoms. The van der Waals surface area contributed by atoms with Crippen LogP contribution in [0, 0.1) is 6.92 Å².